The van der Waals surface area contributed by atoms with Gasteiger partial charge in [-0.25, -0.2) is 9.79 Å². The molecule has 3 aromatic rings. The van der Waals surface area contributed by atoms with Crippen molar-refractivity contribution in [1.82, 2.24) is 0 Å². The second-order valence-corrected chi connectivity index (χ2v) is 6.95. The van der Waals surface area contributed by atoms with Crippen LogP contribution in [-0.2, 0) is 9.53 Å². The number of carbonyl (C=O) groups excluding carboxylic acids is 1. The first-order valence-electron chi connectivity index (χ1n) is 10.3. The number of ether oxygens (including phenoxy) is 5. The predicted molar refractivity (Wildman–Crippen MR) is 124 cm³/mol. The van der Waals surface area contributed by atoms with Crippen LogP contribution in [0.5, 0.6) is 23.0 Å². The quantitative estimate of drug-likeness (QED) is 0.274. The van der Waals surface area contributed by atoms with Crippen LogP contribution in [0.2, 0.25) is 0 Å². The third-order valence-electron chi connectivity index (χ3n) is 4.82. The van der Waals surface area contributed by atoms with Crippen molar-refractivity contribution in [2.75, 3.05) is 27.4 Å². The number of rotatable bonds is 9. The predicted octanol–water partition coefficient (Wildman–Crippen LogP) is 4.51. The Bertz CT molecular complexity index is 1190. The number of esters is 1. The molecule has 7 heteroatoms. The summed E-state index contributed by atoms with van der Waals surface area (Å²) in [5, 5.41) is 0. The van der Waals surface area contributed by atoms with E-state index in [4.69, 9.17) is 23.7 Å². The molecule has 0 aliphatic carbocycles. The lowest BCUT2D eigenvalue weighted by atomic mass is 10.1. The Balaban J connectivity index is 1.50. The van der Waals surface area contributed by atoms with E-state index in [-0.39, 0.29) is 18.2 Å². The second-order valence-electron chi connectivity index (χ2n) is 6.95. The molecule has 1 aliphatic rings. The fraction of sp³-hybridized carbons (Fsp3) is 0.154. The topological polar surface area (TPSA) is 75.6 Å². The molecule has 7 nitrogen and oxygen atoms in total. The highest BCUT2D eigenvalue weighted by molar-refractivity contribution is 6.12. The number of carbonyl (C=O) groups is 1. The lowest BCUT2D eigenvalue weighted by molar-refractivity contribution is -0.129. The van der Waals surface area contributed by atoms with Crippen LogP contribution in [0.25, 0.3) is 6.08 Å². The Morgan fingerprint density at radius 1 is 0.818 bits per heavy atom. The van der Waals surface area contributed by atoms with E-state index in [0.29, 0.717) is 35.2 Å². The molecule has 0 bridgehead atoms. The van der Waals surface area contributed by atoms with Crippen LogP contribution in [0.15, 0.2) is 83.5 Å². The zero-order chi connectivity index (χ0) is 23.0. The number of benzene rings is 3. The molecule has 1 aliphatic heterocycles. The molecule has 0 N–H and O–H groups in total. The van der Waals surface area contributed by atoms with E-state index in [9.17, 15) is 4.79 Å². The zero-order valence-corrected chi connectivity index (χ0v) is 18.3. The van der Waals surface area contributed by atoms with Crippen molar-refractivity contribution in [1.29, 1.82) is 0 Å². The molecule has 0 aromatic heterocycles. The van der Waals surface area contributed by atoms with Crippen molar-refractivity contribution < 1.29 is 28.5 Å². The van der Waals surface area contributed by atoms with Gasteiger partial charge in [0.05, 0.1) is 14.2 Å². The first-order valence-corrected chi connectivity index (χ1v) is 10.3. The highest BCUT2D eigenvalue weighted by Crippen LogP contribution is 2.29. The van der Waals surface area contributed by atoms with E-state index in [1.807, 2.05) is 54.6 Å². The van der Waals surface area contributed by atoms with Gasteiger partial charge in [-0.3, -0.25) is 0 Å². The normalized spacial score (nSPS) is 13.9. The van der Waals surface area contributed by atoms with Gasteiger partial charge in [0.25, 0.3) is 0 Å². The van der Waals surface area contributed by atoms with Gasteiger partial charge in [-0.1, -0.05) is 30.3 Å². The summed E-state index contributed by atoms with van der Waals surface area (Å²) in [6.45, 7) is 0.588. The van der Waals surface area contributed by atoms with Gasteiger partial charge in [-0.2, -0.15) is 0 Å². The van der Waals surface area contributed by atoms with Gasteiger partial charge < -0.3 is 23.7 Å². The first-order chi connectivity index (χ1) is 16.2. The van der Waals surface area contributed by atoms with Crippen LogP contribution in [0.3, 0.4) is 0 Å². The monoisotopic (exact) mass is 445 g/mol. The lowest BCUT2D eigenvalue weighted by Gasteiger charge is -2.13. The number of hydrogen-bond acceptors (Lipinski definition) is 7. The summed E-state index contributed by atoms with van der Waals surface area (Å²) in [6.07, 6.45) is 1.62. The zero-order valence-electron chi connectivity index (χ0n) is 18.3. The smallest absolute Gasteiger partial charge is 0.363 e. The SMILES string of the molecule is COc1ccc(OCCOc2ccccc2OC)c(/C=C2/N=C(c3ccccc3)OC2=O)c1. The van der Waals surface area contributed by atoms with Crippen molar-refractivity contribution in [3.05, 3.63) is 89.6 Å². The van der Waals surface area contributed by atoms with E-state index in [0.717, 1.165) is 5.56 Å². The summed E-state index contributed by atoms with van der Waals surface area (Å²) >= 11 is 0. The van der Waals surface area contributed by atoms with Crippen LogP contribution in [0.1, 0.15) is 11.1 Å². The minimum absolute atomic E-state index is 0.178. The number of nitrogens with zero attached hydrogens (tertiary/aromatic N) is 1. The second kappa shape index (κ2) is 10.4. The van der Waals surface area contributed by atoms with Crippen molar-refractivity contribution in [2.24, 2.45) is 4.99 Å². The number of methoxy groups -OCH3 is 2. The minimum Gasteiger partial charge on any atom is -0.497 e. The molecule has 0 atom stereocenters. The van der Waals surface area contributed by atoms with Gasteiger partial charge in [0.1, 0.15) is 24.7 Å². The molecule has 0 amide bonds. The molecule has 0 unspecified atom stereocenters. The fourth-order valence-electron chi connectivity index (χ4n) is 3.20. The van der Waals surface area contributed by atoms with Crippen molar-refractivity contribution in [3.63, 3.8) is 0 Å². The first kappa shape index (κ1) is 22.0. The summed E-state index contributed by atoms with van der Waals surface area (Å²) in [7, 11) is 3.17. The molecular formula is C26H23NO6. The Morgan fingerprint density at radius 3 is 2.24 bits per heavy atom. The van der Waals surface area contributed by atoms with Gasteiger partial charge in [0.2, 0.25) is 5.90 Å². The van der Waals surface area contributed by atoms with E-state index in [2.05, 4.69) is 4.99 Å². The molecule has 33 heavy (non-hydrogen) atoms. The van der Waals surface area contributed by atoms with Crippen LogP contribution in [-0.4, -0.2) is 39.3 Å². The van der Waals surface area contributed by atoms with E-state index in [1.165, 1.54) is 0 Å². The van der Waals surface area contributed by atoms with Gasteiger partial charge in [0, 0.05) is 11.1 Å². The molecule has 0 spiro atoms. The standard InChI is InChI=1S/C26H23NO6/c1-29-20-12-13-22(31-14-15-32-24-11-7-6-10-23(24)30-2)19(16-20)17-21-26(28)33-25(27-21)18-8-4-3-5-9-18/h3-13,16-17H,14-15H2,1-2H3/b21-17+. The van der Waals surface area contributed by atoms with Crippen LogP contribution in [0, 0.1) is 0 Å². The molecule has 1 heterocycles. The highest BCUT2D eigenvalue weighted by atomic mass is 16.6. The molecule has 0 radical (unpaired) electrons. The maximum atomic E-state index is 12.4. The fourth-order valence-corrected chi connectivity index (χ4v) is 3.20. The summed E-state index contributed by atoms with van der Waals surface area (Å²) < 4.78 is 27.6. The number of hydrogen-bond donors (Lipinski definition) is 0. The average Bonchev–Trinajstić information content (AvgIpc) is 3.23. The molecule has 3 aromatic carbocycles. The third-order valence-corrected chi connectivity index (χ3v) is 4.82. The van der Waals surface area contributed by atoms with Gasteiger partial charge in [-0.15, -0.1) is 0 Å². The number of cyclic esters (lactones) is 1. The van der Waals surface area contributed by atoms with Gasteiger partial charge in [0.15, 0.2) is 17.2 Å². The van der Waals surface area contributed by atoms with E-state index >= 15 is 0 Å². The molecule has 4 rings (SSSR count). The van der Waals surface area contributed by atoms with Crippen LogP contribution in [0.4, 0.5) is 0 Å². The molecule has 0 fully saturated rings. The largest absolute Gasteiger partial charge is 0.497 e. The van der Waals surface area contributed by atoms with Gasteiger partial charge >= 0.3 is 5.97 Å². The summed E-state index contributed by atoms with van der Waals surface area (Å²) in [5.41, 5.74) is 1.54. The van der Waals surface area contributed by atoms with Gasteiger partial charge in [-0.05, 0) is 48.5 Å². The van der Waals surface area contributed by atoms with Crippen molar-refractivity contribution in [2.45, 2.75) is 0 Å². The van der Waals surface area contributed by atoms with Crippen molar-refractivity contribution >= 4 is 17.9 Å². The molecule has 168 valence electrons. The van der Waals surface area contributed by atoms with Crippen LogP contribution >= 0.6 is 0 Å². The summed E-state index contributed by atoms with van der Waals surface area (Å²) in [6, 6.07) is 22.0. The summed E-state index contributed by atoms with van der Waals surface area (Å²) in [5.74, 6) is 2.21. The maximum absolute atomic E-state index is 12.4. The van der Waals surface area contributed by atoms with Crippen molar-refractivity contribution in [3.8, 4) is 23.0 Å². The van der Waals surface area contributed by atoms with E-state index < -0.39 is 5.97 Å². The lowest BCUT2D eigenvalue weighted by Crippen LogP contribution is -2.10. The number of aliphatic imine (C=N–C) groups is 1. The Labute approximate surface area is 191 Å². The third kappa shape index (κ3) is 5.33. The van der Waals surface area contributed by atoms with Crippen LogP contribution < -0.4 is 18.9 Å². The Hall–Kier alpha value is -4.26. The molecular weight excluding hydrogens is 422 g/mol. The van der Waals surface area contributed by atoms with E-state index in [1.54, 1.807) is 38.5 Å². The molecule has 0 saturated carbocycles. The maximum Gasteiger partial charge on any atom is 0.363 e. The summed E-state index contributed by atoms with van der Waals surface area (Å²) in [4.78, 5) is 16.8. The number of para-hydroxylation sites is 2. The molecule has 0 saturated heterocycles. The Morgan fingerprint density at radius 2 is 1.52 bits per heavy atom. The Kier molecular flexibility index (Phi) is 6.90. The highest BCUT2D eigenvalue weighted by Gasteiger charge is 2.24. The minimum atomic E-state index is -0.526. The average molecular weight is 445 g/mol.